The van der Waals surface area contributed by atoms with Gasteiger partial charge in [-0.25, -0.2) is 0 Å². The first-order chi connectivity index (χ1) is 12.7. The Labute approximate surface area is 181 Å². The molecule has 0 bridgehead atoms. The topological polar surface area (TPSA) is 48.9 Å². The zero-order valence-electron chi connectivity index (χ0n) is 16.9. The first kappa shape index (κ1) is 22.3. The van der Waals surface area contributed by atoms with Gasteiger partial charge in [-0.15, -0.1) is 24.0 Å². The van der Waals surface area contributed by atoms with E-state index in [4.69, 9.17) is 4.74 Å². The lowest BCUT2D eigenvalue weighted by Crippen LogP contribution is -2.49. The summed E-state index contributed by atoms with van der Waals surface area (Å²) in [5.74, 6) is 2.34. The first-order valence-corrected chi connectivity index (χ1v) is 10.1. The molecule has 0 aromatic heterocycles. The monoisotopic (exact) mass is 486 g/mol. The summed E-state index contributed by atoms with van der Waals surface area (Å²) < 4.78 is 5.98. The highest BCUT2D eigenvalue weighted by molar-refractivity contribution is 14.0. The molecule has 0 spiro atoms. The molecule has 2 N–H and O–H groups in total. The highest BCUT2D eigenvalue weighted by Crippen LogP contribution is 2.29. The van der Waals surface area contributed by atoms with Gasteiger partial charge >= 0.3 is 0 Å². The third-order valence-corrected chi connectivity index (χ3v) is 5.35. The molecule has 1 heterocycles. The Morgan fingerprint density at radius 1 is 1.19 bits per heavy atom. The number of aliphatic imine (C=N–C) groups is 1. The van der Waals surface area contributed by atoms with Gasteiger partial charge in [0.1, 0.15) is 12.4 Å². The number of halogens is 1. The van der Waals surface area contributed by atoms with Gasteiger partial charge in [-0.2, -0.15) is 0 Å². The van der Waals surface area contributed by atoms with Gasteiger partial charge in [-0.1, -0.05) is 32.0 Å². The van der Waals surface area contributed by atoms with Crippen molar-refractivity contribution in [3.63, 3.8) is 0 Å². The van der Waals surface area contributed by atoms with Crippen molar-refractivity contribution >= 4 is 29.9 Å². The molecule has 2 fully saturated rings. The lowest BCUT2D eigenvalue weighted by Gasteiger charge is -2.33. The van der Waals surface area contributed by atoms with Crippen LogP contribution in [-0.4, -0.2) is 56.2 Å². The van der Waals surface area contributed by atoms with E-state index in [1.54, 1.807) is 0 Å². The van der Waals surface area contributed by atoms with Crippen LogP contribution in [0.3, 0.4) is 0 Å². The fourth-order valence-corrected chi connectivity index (χ4v) is 3.66. The van der Waals surface area contributed by atoms with E-state index in [2.05, 4.69) is 52.6 Å². The van der Waals surface area contributed by atoms with E-state index in [1.165, 1.54) is 44.3 Å². The van der Waals surface area contributed by atoms with Gasteiger partial charge in [-0.05, 0) is 43.2 Å². The van der Waals surface area contributed by atoms with E-state index in [-0.39, 0.29) is 24.0 Å². The quantitative estimate of drug-likeness (QED) is 0.268. The summed E-state index contributed by atoms with van der Waals surface area (Å²) >= 11 is 0. The first-order valence-electron chi connectivity index (χ1n) is 10.1. The van der Waals surface area contributed by atoms with Crippen LogP contribution in [0.4, 0.5) is 0 Å². The lowest BCUT2D eigenvalue weighted by atomic mass is 10.0. The number of guanidine groups is 1. The van der Waals surface area contributed by atoms with E-state index in [1.807, 2.05) is 13.1 Å². The Morgan fingerprint density at radius 3 is 2.52 bits per heavy atom. The SMILES string of the molecule is CN=C(NCCOc1ccccc1C(C)C)NC1CCN(C2CC2)CC1.I. The number of benzene rings is 1. The van der Waals surface area contributed by atoms with Gasteiger partial charge in [0.25, 0.3) is 0 Å². The molecule has 1 aromatic carbocycles. The maximum Gasteiger partial charge on any atom is 0.191 e. The third-order valence-electron chi connectivity index (χ3n) is 5.35. The Bertz CT molecular complexity index is 596. The summed E-state index contributed by atoms with van der Waals surface area (Å²) in [6, 6.07) is 9.71. The molecule has 1 aliphatic carbocycles. The second-order valence-electron chi connectivity index (χ2n) is 7.73. The van der Waals surface area contributed by atoms with Crippen molar-refractivity contribution in [2.75, 3.05) is 33.3 Å². The molecule has 1 saturated carbocycles. The highest BCUT2D eigenvalue weighted by atomic mass is 127. The fraction of sp³-hybridized carbons (Fsp3) is 0.667. The van der Waals surface area contributed by atoms with Crippen molar-refractivity contribution in [1.29, 1.82) is 0 Å². The number of hydrogen-bond acceptors (Lipinski definition) is 3. The summed E-state index contributed by atoms with van der Waals surface area (Å²) in [6.45, 7) is 8.20. The Morgan fingerprint density at radius 2 is 1.89 bits per heavy atom. The summed E-state index contributed by atoms with van der Waals surface area (Å²) in [7, 11) is 1.84. The van der Waals surface area contributed by atoms with Crippen molar-refractivity contribution in [1.82, 2.24) is 15.5 Å². The number of rotatable bonds is 7. The summed E-state index contributed by atoms with van der Waals surface area (Å²) in [4.78, 5) is 7.01. The van der Waals surface area contributed by atoms with Gasteiger partial charge in [0, 0.05) is 32.2 Å². The average molecular weight is 486 g/mol. The van der Waals surface area contributed by atoms with Crippen LogP contribution in [0.25, 0.3) is 0 Å². The van der Waals surface area contributed by atoms with Crippen molar-refractivity contribution in [3.8, 4) is 5.75 Å². The largest absolute Gasteiger partial charge is 0.491 e. The van der Waals surface area contributed by atoms with Gasteiger partial charge in [0.2, 0.25) is 0 Å². The number of nitrogens with one attached hydrogen (secondary N) is 2. The number of likely N-dealkylation sites (tertiary alicyclic amines) is 1. The van der Waals surface area contributed by atoms with E-state index < -0.39 is 0 Å². The second-order valence-corrected chi connectivity index (χ2v) is 7.73. The van der Waals surface area contributed by atoms with E-state index in [9.17, 15) is 0 Å². The maximum atomic E-state index is 5.98. The minimum absolute atomic E-state index is 0. The predicted octanol–water partition coefficient (Wildman–Crippen LogP) is 3.60. The molecular formula is C21H35IN4O. The van der Waals surface area contributed by atoms with Crippen LogP contribution in [0, 0.1) is 0 Å². The van der Waals surface area contributed by atoms with Crippen molar-refractivity contribution in [2.24, 2.45) is 4.99 Å². The summed E-state index contributed by atoms with van der Waals surface area (Å²) in [5, 5.41) is 6.95. The molecule has 0 amide bonds. The molecule has 0 unspecified atom stereocenters. The van der Waals surface area contributed by atoms with Crippen molar-refractivity contribution in [3.05, 3.63) is 29.8 Å². The lowest BCUT2D eigenvalue weighted by molar-refractivity contribution is 0.197. The predicted molar refractivity (Wildman–Crippen MR) is 124 cm³/mol. The average Bonchev–Trinajstić information content (AvgIpc) is 3.50. The normalized spacial score (nSPS) is 18.9. The van der Waals surface area contributed by atoms with E-state index >= 15 is 0 Å². The van der Waals surface area contributed by atoms with E-state index in [0.29, 0.717) is 18.6 Å². The maximum absolute atomic E-state index is 5.98. The molecule has 1 saturated heterocycles. The molecule has 0 radical (unpaired) electrons. The molecule has 27 heavy (non-hydrogen) atoms. The van der Waals surface area contributed by atoms with Gasteiger partial charge in [-0.3, -0.25) is 4.99 Å². The van der Waals surface area contributed by atoms with Crippen LogP contribution in [-0.2, 0) is 0 Å². The van der Waals surface area contributed by atoms with Crippen LogP contribution in [0.1, 0.15) is 51.0 Å². The Kier molecular flexibility index (Phi) is 9.15. The molecule has 3 rings (SSSR count). The van der Waals surface area contributed by atoms with Crippen LogP contribution < -0.4 is 15.4 Å². The number of piperidine rings is 1. The van der Waals surface area contributed by atoms with Crippen LogP contribution in [0.2, 0.25) is 0 Å². The van der Waals surface area contributed by atoms with Gasteiger partial charge in [0.05, 0.1) is 6.54 Å². The second kappa shape index (κ2) is 11.1. The van der Waals surface area contributed by atoms with Gasteiger partial charge < -0.3 is 20.3 Å². The fourth-order valence-electron chi connectivity index (χ4n) is 3.66. The number of nitrogens with zero attached hydrogens (tertiary/aromatic N) is 2. The van der Waals surface area contributed by atoms with Crippen LogP contribution >= 0.6 is 24.0 Å². The molecule has 1 aromatic rings. The van der Waals surface area contributed by atoms with Crippen LogP contribution in [0.5, 0.6) is 5.75 Å². The summed E-state index contributed by atoms with van der Waals surface area (Å²) in [5.41, 5.74) is 1.26. The molecule has 1 aliphatic heterocycles. The third kappa shape index (κ3) is 6.82. The zero-order chi connectivity index (χ0) is 18.4. The number of para-hydroxylation sites is 1. The van der Waals surface area contributed by atoms with Crippen molar-refractivity contribution < 1.29 is 4.74 Å². The number of hydrogen-bond donors (Lipinski definition) is 2. The minimum Gasteiger partial charge on any atom is -0.491 e. The van der Waals surface area contributed by atoms with E-state index in [0.717, 1.165) is 24.3 Å². The molecule has 6 heteroatoms. The zero-order valence-corrected chi connectivity index (χ0v) is 19.2. The van der Waals surface area contributed by atoms with Crippen molar-refractivity contribution in [2.45, 2.75) is 57.5 Å². The molecule has 2 aliphatic rings. The smallest absolute Gasteiger partial charge is 0.191 e. The molecule has 5 nitrogen and oxygen atoms in total. The molecular weight excluding hydrogens is 451 g/mol. The number of ether oxygens (including phenoxy) is 1. The minimum atomic E-state index is 0. The highest BCUT2D eigenvalue weighted by Gasteiger charge is 2.31. The molecule has 0 atom stereocenters. The Balaban J connectivity index is 0.00000261. The van der Waals surface area contributed by atoms with Gasteiger partial charge in [0.15, 0.2) is 5.96 Å². The Hall–Kier alpha value is -1.02. The molecule has 152 valence electrons. The standard InChI is InChI=1S/C21H34N4O.HI/c1-16(2)19-6-4-5-7-20(19)26-15-12-23-21(22-3)24-17-10-13-25(14-11-17)18-8-9-18;/h4-7,16-18H,8-15H2,1-3H3,(H2,22,23,24);1H. The van der Waals surface area contributed by atoms with Crippen LogP contribution in [0.15, 0.2) is 29.3 Å². The summed E-state index contributed by atoms with van der Waals surface area (Å²) in [6.07, 6.45) is 5.22.